The molecule has 1 atom stereocenters. The van der Waals surface area contributed by atoms with E-state index in [1.165, 1.54) is 24.5 Å². The van der Waals surface area contributed by atoms with Gasteiger partial charge in [0.15, 0.2) is 28.2 Å². The fourth-order valence-electron chi connectivity index (χ4n) is 8.92. The van der Waals surface area contributed by atoms with Crippen LogP contribution in [0.3, 0.4) is 0 Å². The van der Waals surface area contributed by atoms with E-state index in [0.29, 0.717) is 15.2 Å². The van der Waals surface area contributed by atoms with Crippen LogP contribution < -0.4 is 4.90 Å². The highest BCUT2D eigenvalue weighted by atomic mass is 32.2. The molecule has 2 aromatic heterocycles. The topological polar surface area (TPSA) is 101 Å². The first-order valence-corrected chi connectivity index (χ1v) is 21.9. The van der Waals surface area contributed by atoms with E-state index in [9.17, 15) is 26.4 Å². The Bertz CT molecular complexity index is 2810. The summed E-state index contributed by atoms with van der Waals surface area (Å²) in [5.41, 5.74) is 2.20. The average molecular weight is 881 g/mol. The smallest absolute Gasteiger partial charge is 0.249 e. The van der Waals surface area contributed by atoms with Crippen LogP contribution in [0.2, 0.25) is 0 Å². The minimum Gasteiger partial charge on any atom is -0.302 e. The van der Waals surface area contributed by atoms with Crippen LogP contribution in [0.5, 0.6) is 0 Å². The second-order valence-corrected chi connectivity index (χ2v) is 17.6. The van der Waals surface area contributed by atoms with Crippen molar-refractivity contribution in [1.82, 2.24) is 24.1 Å². The molecule has 9 nitrogen and oxygen atoms in total. The van der Waals surface area contributed by atoms with Gasteiger partial charge < -0.3 is 4.90 Å². The van der Waals surface area contributed by atoms with Crippen LogP contribution >= 0.6 is 0 Å². The van der Waals surface area contributed by atoms with E-state index in [-0.39, 0.29) is 23.7 Å². The van der Waals surface area contributed by atoms with Crippen molar-refractivity contribution in [3.8, 4) is 0 Å². The van der Waals surface area contributed by atoms with E-state index in [4.69, 9.17) is 5.10 Å². The molecule has 7 aromatic rings. The van der Waals surface area contributed by atoms with Crippen molar-refractivity contribution in [2.24, 2.45) is 0 Å². The van der Waals surface area contributed by atoms with Gasteiger partial charge in [-0.1, -0.05) is 110 Å². The van der Waals surface area contributed by atoms with Gasteiger partial charge in [0.1, 0.15) is 17.4 Å². The molecule has 0 bridgehead atoms. The summed E-state index contributed by atoms with van der Waals surface area (Å²) < 4.78 is 119. The maximum absolute atomic E-state index is 16.8. The lowest BCUT2D eigenvalue weighted by atomic mass is 9.77. The van der Waals surface area contributed by atoms with Crippen molar-refractivity contribution in [3.63, 3.8) is 0 Å². The molecule has 3 heterocycles. The molecule has 1 amide bonds. The predicted molar refractivity (Wildman–Crippen MR) is 222 cm³/mol. The number of aromatic nitrogens is 4. The molecule has 9 rings (SSSR count). The van der Waals surface area contributed by atoms with Crippen LogP contribution in [-0.2, 0) is 26.9 Å². The SMILES string of the molecule is O=C([C@H]1CCN1S(=O)(=O)c1c(F)c(F)c(F)c(F)c1F)N(Cc1cnc(C2CCCCC2)cn1)c1cc2c(cnn2C(c2ccccc2)(c2ccccc2)c2ccccc2)cc1F. The summed E-state index contributed by atoms with van der Waals surface area (Å²) in [6, 6.07) is 29.5. The summed E-state index contributed by atoms with van der Waals surface area (Å²) in [7, 11) is -5.53. The lowest BCUT2D eigenvalue weighted by molar-refractivity contribution is -0.125. The number of halogens is 6. The quantitative estimate of drug-likeness (QED) is 0.0556. The van der Waals surface area contributed by atoms with E-state index in [0.717, 1.165) is 59.4 Å². The van der Waals surface area contributed by atoms with Gasteiger partial charge >= 0.3 is 0 Å². The molecule has 0 radical (unpaired) electrons. The second-order valence-electron chi connectivity index (χ2n) is 15.7. The third-order valence-corrected chi connectivity index (χ3v) is 14.1. The minimum atomic E-state index is -5.53. The summed E-state index contributed by atoms with van der Waals surface area (Å²) in [6.07, 6.45) is 9.40. The Morgan fingerprint density at radius 2 is 1.24 bits per heavy atom. The number of amides is 1. The molecular weight excluding hydrogens is 843 g/mol. The zero-order valence-corrected chi connectivity index (χ0v) is 34.3. The standard InChI is InChI=1S/C47H38F6N6O3S/c48-35-23-30-25-56-59(47(31-15-7-2-8-16-31,32-17-9-3-10-18-32)33-19-11-4-12-20-33)38(30)24-39(35)57(28-34-26-55-36(27-54-34)29-13-5-1-6-14-29)46(60)37-21-22-58(37)63(61,62)45-43(52)41(50)40(49)42(51)44(45)53/h2-4,7-12,15-20,23-27,29,37H,1,5-6,13-14,21-22,28H2/t37-/m1/s1. The maximum Gasteiger partial charge on any atom is 0.249 e. The molecular formula is C47H38F6N6O3S. The van der Waals surface area contributed by atoms with Gasteiger partial charge in [-0.25, -0.2) is 39.4 Å². The number of carbonyl (C=O) groups excluding carboxylic acids is 1. The van der Waals surface area contributed by atoms with Gasteiger partial charge in [-0.3, -0.25) is 14.8 Å². The fraction of sp³-hybridized carbons (Fsp3) is 0.234. The zero-order chi connectivity index (χ0) is 44.0. The van der Waals surface area contributed by atoms with Crippen molar-refractivity contribution < 1.29 is 39.6 Å². The van der Waals surface area contributed by atoms with Crippen molar-refractivity contribution in [1.29, 1.82) is 0 Å². The van der Waals surface area contributed by atoms with Crippen LogP contribution in [0.4, 0.5) is 32.0 Å². The molecule has 1 saturated heterocycles. The van der Waals surface area contributed by atoms with E-state index < -0.39 is 80.4 Å². The maximum atomic E-state index is 16.8. The Morgan fingerprint density at radius 1 is 0.683 bits per heavy atom. The van der Waals surface area contributed by atoms with Gasteiger partial charge in [0, 0.05) is 24.0 Å². The largest absolute Gasteiger partial charge is 0.302 e. The van der Waals surface area contributed by atoms with E-state index >= 15 is 13.2 Å². The van der Waals surface area contributed by atoms with Gasteiger partial charge in [-0.15, -0.1) is 0 Å². The molecule has 63 heavy (non-hydrogen) atoms. The Balaban J connectivity index is 1.20. The lowest BCUT2D eigenvalue weighted by Crippen LogP contribution is -2.59. The number of nitrogens with zero attached hydrogens (tertiary/aromatic N) is 6. The van der Waals surface area contributed by atoms with Gasteiger partial charge in [0.2, 0.25) is 21.7 Å². The molecule has 1 aliphatic carbocycles. The predicted octanol–water partition coefficient (Wildman–Crippen LogP) is 9.55. The number of benzene rings is 5. The van der Waals surface area contributed by atoms with Crippen LogP contribution in [0.25, 0.3) is 10.9 Å². The Morgan fingerprint density at radius 3 is 1.75 bits per heavy atom. The molecule has 0 unspecified atom stereocenters. The Kier molecular flexibility index (Phi) is 11.1. The van der Waals surface area contributed by atoms with Gasteiger partial charge in [0.05, 0.1) is 41.5 Å². The van der Waals surface area contributed by atoms with Gasteiger partial charge in [-0.05, 0) is 48.1 Å². The molecule has 322 valence electrons. The van der Waals surface area contributed by atoms with Crippen molar-refractivity contribution in [3.05, 3.63) is 185 Å². The lowest BCUT2D eigenvalue weighted by Gasteiger charge is -2.41. The summed E-state index contributed by atoms with van der Waals surface area (Å²) in [4.78, 5) is 22.9. The molecule has 2 aliphatic rings. The number of rotatable bonds is 11. The number of hydrogen-bond acceptors (Lipinski definition) is 6. The van der Waals surface area contributed by atoms with Crippen LogP contribution in [0, 0.1) is 34.9 Å². The monoisotopic (exact) mass is 880 g/mol. The highest BCUT2D eigenvalue weighted by molar-refractivity contribution is 7.89. The third kappa shape index (κ3) is 7.14. The van der Waals surface area contributed by atoms with Crippen molar-refractivity contribution in [2.45, 2.75) is 67.5 Å². The summed E-state index contributed by atoms with van der Waals surface area (Å²) in [6.45, 7) is -0.953. The number of carbonyl (C=O) groups is 1. The highest BCUT2D eigenvalue weighted by Crippen LogP contribution is 2.44. The van der Waals surface area contributed by atoms with Crippen molar-refractivity contribution in [2.75, 3.05) is 11.4 Å². The number of sulfonamides is 1. The van der Waals surface area contributed by atoms with E-state index in [1.54, 1.807) is 10.9 Å². The molecule has 0 spiro atoms. The number of anilines is 1. The van der Waals surface area contributed by atoms with Gasteiger partial charge in [0.25, 0.3) is 0 Å². The van der Waals surface area contributed by atoms with E-state index in [2.05, 4.69) is 9.97 Å². The van der Waals surface area contributed by atoms with Gasteiger partial charge in [-0.2, -0.15) is 9.40 Å². The molecule has 2 fully saturated rings. The number of fused-ring (bicyclic) bond motifs is 1. The van der Waals surface area contributed by atoms with Crippen molar-refractivity contribution >= 4 is 32.5 Å². The fourth-order valence-corrected chi connectivity index (χ4v) is 10.7. The van der Waals surface area contributed by atoms with Crippen LogP contribution in [0.1, 0.15) is 72.5 Å². The van der Waals surface area contributed by atoms with Crippen LogP contribution in [0.15, 0.2) is 127 Å². The number of hydrogen-bond donors (Lipinski definition) is 0. The highest BCUT2D eigenvalue weighted by Gasteiger charge is 2.49. The minimum absolute atomic E-state index is 0.188. The molecule has 1 saturated carbocycles. The Hall–Kier alpha value is -6.39. The molecule has 16 heteroatoms. The first-order valence-electron chi connectivity index (χ1n) is 20.4. The first kappa shape index (κ1) is 41.9. The average Bonchev–Trinajstić information content (AvgIpc) is 3.70. The van der Waals surface area contributed by atoms with Crippen LogP contribution in [-0.4, -0.2) is 51.0 Å². The van der Waals surface area contributed by atoms with E-state index in [1.807, 2.05) is 91.0 Å². The molecule has 5 aromatic carbocycles. The first-order chi connectivity index (χ1) is 30.4. The normalized spacial score (nSPS) is 16.3. The molecule has 1 aliphatic heterocycles. The second kappa shape index (κ2) is 16.7. The molecule has 0 N–H and O–H groups in total. The zero-order valence-electron chi connectivity index (χ0n) is 33.4. The summed E-state index contributed by atoms with van der Waals surface area (Å²) in [5, 5.41) is 5.23. The third-order valence-electron chi connectivity index (χ3n) is 12.1. The summed E-state index contributed by atoms with van der Waals surface area (Å²) in [5.74, 6) is -14.4. The summed E-state index contributed by atoms with van der Waals surface area (Å²) >= 11 is 0. The Labute approximate surface area is 358 Å².